The van der Waals surface area contributed by atoms with E-state index in [9.17, 15) is 18.0 Å². The Labute approximate surface area is 175 Å². The average molecular weight is 423 g/mol. The van der Waals surface area contributed by atoms with Gasteiger partial charge in [-0.25, -0.2) is 8.42 Å². The molecule has 0 saturated carbocycles. The Morgan fingerprint density at radius 1 is 0.900 bits per heavy atom. The molecule has 3 atom stereocenters. The number of fused-ring (bicyclic) bond motifs is 3. The molecule has 2 aromatic carbocycles. The van der Waals surface area contributed by atoms with Gasteiger partial charge in [0.2, 0.25) is 15.9 Å². The number of aryl methyl sites for hydroxylation is 1. The van der Waals surface area contributed by atoms with E-state index in [2.05, 4.69) is 0 Å². The number of hydrogen-bond donors (Lipinski definition) is 0. The van der Waals surface area contributed by atoms with E-state index in [-0.39, 0.29) is 29.0 Å². The van der Waals surface area contributed by atoms with Crippen LogP contribution in [0.3, 0.4) is 0 Å². The molecule has 3 aliphatic rings. The highest BCUT2D eigenvalue weighted by Gasteiger charge is 2.61. The third-order valence-corrected chi connectivity index (χ3v) is 8.34. The maximum Gasteiger partial charge on any atom is 0.248 e. The van der Waals surface area contributed by atoms with Crippen LogP contribution in [0.2, 0.25) is 0 Å². The van der Waals surface area contributed by atoms with Gasteiger partial charge in [-0.1, -0.05) is 35.9 Å². The van der Waals surface area contributed by atoms with Crippen LogP contribution in [0.1, 0.15) is 18.9 Å². The number of para-hydroxylation sites is 1. The number of carbonyl (C=O) groups is 2. The number of amides is 1. The number of sulfonamides is 1. The van der Waals surface area contributed by atoms with Crippen molar-refractivity contribution in [1.29, 1.82) is 0 Å². The van der Waals surface area contributed by atoms with Crippen LogP contribution in [0.4, 0.5) is 5.69 Å². The average Bonchev–Trinajstić information content (AvgIpc) is 3.01. The van der Waals surface area contributed by atoms with Crippen LogP contribution in [-0.4, -0.2) is 43.0 Å². The number of benzene rings is 2. The number of piperidine rings is 1. The van der Waals surface area contributed by atoms with Gasteiger partial charge in [-0.3, -0.25) is 9.59 Å². The molecule has 7 heteroatoms. The van der Waals surface area contributed by atoms with E-state index in [1.54, 1.807) is 36.1 Å². The van der Waals surface area contributed by atoms with Gasteiger partial charge in [0.25, 0.3) is 0 Å². The first-order chi connectivity index (χ1) is 14.3. The molecule has 2 saturated heterocycles. The minimum Gasteiger partial charge on any atom is -0.302 e. The molecule has 0 spiro atoms. The number of nitrogens with zero attached hydrogens (tertiary/aromatic N) is 2. The summed E-state index contributed by atoms with van der Waals surface area (Å²) >= 11 is 0. The fourth-order valence-corrected chi connectivity index (χ4v) is 6.58. The maximum atomic E-state index is 13.5. The van der Waals surface area contributed by atoms with Crippen LogP contribution in [0.15, 0.2) is 70.6 Å². The van der Waals surface area contributed by atoms with Crippen LogP contribution in [0, 0.1) is 12.8 Å². The lowest BCUT2D eigenvalue weighted by molar-refractivity contribution is -0.130. The Hall–Kier alpha value is -2.77. The van der Waals surface area contributed by atoms with E-state index >= 15 is 0 Å². The standard InChI is InChI=1S/C23H22N2O4S/c1-14-8-10-18(11-9-14)30(28,29)24-13-16-12-19(26)15(2)20(16)21-22(24)23(27)25(21)17-6-4-3-5-7-17/h3-11,16,21-22H,12-13H2,1-2H3/t16?,21-,22+/m1/s1. The minimum atomic E-state index is -3.87. The van der Waals surface area contributed by atoms with Crippen LogP contribution >= 0.6 is 0 Å². The van der Waals surface area contributed by atoms with E-state index in [0.29, 0.717) is 12.0 Å². The Morgan fingerprint density at radius 3 is 2.23 bits per heavy atom. The van der Waals surface area contributed by atoms with Crippen molar-refractivity contribution in [3.8, 4) is 0 Å². The lowest BCUT2D eigenvalue weighted by atomic mass is 9.78. The number of hydrogen-bond acceptors (Lipinski definition) is 4. The number of ketones is 1. The molecule has 2 aliphatic heterocycles. The van der Waals surface area contributed by atoms with Crippen molar-refractivity contribution in [1.82, 2.24) is 4.31 Å². The van der Waals surface area contributed by atoms with Crippen molar-refractivity contribution in [2.75, 3.05) is 11.4 Å². The first-order valence-corrected chi connectivity index (χ1v) is 11.4. The second-order valence-electron chi connectivity index (χ2n) is 8.23. The topological polar surface area (TPSA) is 74.8 Å². The second-order valence-corrected chi connectivity index (χ2v) is 10.1. The Kier molecular flexibility index (Phi) is 4.24. The quantitative estimate of drug-likeness (QED) is 0.713. The van der Waals surface area contributed by atoms with Gasteiger partial charge in [0, 0.05) is 24.6 Å². The van der Waals surface area contributed by atoms with Gasteiger partial charge < -0.3 is 4.90 Å². The first kappa shape index (κ1) is 19.2. The van der Waals surface area contributed by atoms with Crippen molar-refractivity contribution in [2.45, 2.75) is 37.2 Å². The fraction of sp³-hybridized carbons (Fsp3) is 0.304. The molecule has 154 valence electrons. The predicted octanol–water partition coefficient (Wildman–Crippen LogP) is 2.69. The largest absolute Gasteiger partial charge is 0.302 e. The van der Waals surface area contributed by atoms with Crippen molar-refractivity contribution in [3.63, 3.8) is 0 Å². The molecule has 2 fully saturated rings. The summed E-state index contributed by atoms with van der Waals surface area (Å²) in [5.41, 5.74) is 3.28. The van der Waals surface area contributed by atoms with Crippen LogP contribution < -0.4 is 4.90 Å². The van der Waals surface area contributed by atoms with Gasteiger partial charge in [0.15, 0.2) is 5.78 Å². The van der Waals surface area contributed by atoms with Crippen molar-refractivity contribution in [2.24, 2.45) is 5.92 Å². The van der Waals surface area contributed by atoms with Gasteiger partial charge in [0.1, 0.15) is 6.04 Å². The summed E-state index contributed by atoms with van der Waals surface area (Å²) in [4.78, 5) is 27.5. The highest BCUT2D eigenvalue weighted by atomic mass is 32.2. The van der Waals surface area contributed by atoms with E-state index < -0.39 is 22.1 Å². The zero-order valence-corrected chi connectivity index (χ0v) is 17.6. The third kappa shape index (κ3) is 2.62. The van der Waals surface area contributed by atoms with Crippen LogP contribution in [-0.2, 0) is 19.6 Å². The molecular formula is C23H22N2O4S. The van der Waals surface area contributed by atoms with Crippen LogP contribution in [0.25, 0.3) is 0 Å². The summed E-state index contributed by atoms with van der Waals surface area (Å²) < 4.78 is 28.3. The summed E-state index contributed by atoms with van der Waals surface area (Å²) in [6.07, 6.45) is 0.293. The molecule has 6 nitrogen and oxygen atoms in total. The highest BCUT2D eigenvalue weighted by Crippen LogP contribution is 2.48. The van der Waals surface area contributed by atoms with Gasteiger partial charge in [-0.2, -0.15) is 4.31 Å². The number of carbonyl (C=O) groups excluding carboxylic acids is 2. The molecule has 0 bridgehead atoms. The normalized spacial score (nSPS) is 26.5. The Balaban J connectivity index is 1.61. The maximum absolute atomic E-state index is 13.5. The van der Waals surface area contributed by atoms with Gasteiger partial charge >= 0.3 is 0 Å². The SMILES string of the molecule is CC1=C2C(CC1=O)CN(S(=O)(=O)c1ccc(C)cc1)[C@@H]1C(=O)N(c3ccccc3)[C@H]21. The van der Waals surface area contributed by atoms with E-state index in [1.165, 1.54) is 4.31 Å². The summed E-state index contributed by atoms with van der Waals surface area (Å²) in [6.45, 7) is 3.85. The van der Waals surface area contributed by atoms with Gasteiger partial charge in [-0.05, 0) is 49.3 Å². The van der Waals surface area contributed by atoms with E-state index in [4.69, 9.17) is 0 Å². The van der Waals surface area contributed by atoms with E-state index in [0.717, 1.165) is 16.8 Å². The lowest BCUT2D eigenvalue weighted by Crippen LogP contribution is -2.75. The van der Waals surface area contributed by atoms with Gasteiger partial charge in [-0.15, -0.1) is 0 Å². The zero-order valence-electron chi connectivity index (χ0n) is 16.8. The molecular weight excluding hydrogens is 400 g/mol. The number of allylic oxidation sites excluding steroid dienone is 1. The summed E-state index contributed by atoms with van der Waals surface area (Å²) in [6, 6.07) is 14.6. The number of anilines is 1. The van der Waals surface area contributed by atoms with Crippen molar-refractivity contribution >= 4 is 27.4 Å². The molecule has 1 unspecified atom stereocenters. The van der Waals surface area contributed by atoms with Crippen molar-refractivity contribution in [3.05, 3.63) is 71.3 Å². The zero-order chi connectivity index (χ0) is 21.2. The molecule has 1 aliphatic carbocycles. The Bertz CT molecular complexity index is 1190. The summed E-state index contributed by atoms with van der Waals surface area (Å²) in [7, 11) is -3.87. The molecule has 2 heterocycles. The Morgan fingerprint density at radius 2 is 1.57 bits per heavy atom. The molecule has 0 radical (unpaired) electrons. The van der Waals surface area contributed by atoms with Gasteiger partial charge in [0.05, 0.1) is 10.9 Å². The number of rotatable bonds is 3. The van der Waals surface area contributed by atoms with Crippen molar-refractivity contribution < 1.29 is 18.0 Å². The molecule has 5 rings (SSSR count). The lowest BCUT2D eigenvalue weighted by Gasteiger charge is -2.55. The fourth-order valence-electron chi connectivity index (χ4n) is 4.94. The predicted molar refractivity (Wildman–Crippen MR) is 112 cm³/mol. The minimum absolute atomic E-state index is 0.0377. The molecule has 0 aromatic heterocycles. The smallest absolute Gasteiger partial charge is 0.248 e. The second kappa shape index (κ2) is 6.62. The van der Waals surface area contributed by atoms with Crippen LogP contribution in [0.5, 0.6) is 0 Å². The third-order valence-electron chi connectivity index (χ3n) is 6.48. The highest BCUT2D eigenvalue weighted by molar-refractivity contribution is 7.89. The summed E-state index contributed by atoms with van der Waals surface area (Å²) in [5.74, 6) is -0.408. The molecule has 30 heavy (non-hydrogen) atoms. The molecule has 2 aromatic rings. The molecule has 0 N–H and O–H groups in total. The van der Waals surface area contributed by atoms with E-state index in [1.807, 2.05) is 37.3 Å². The number of β-lactam (4-membered cyclic amide) rings is 1. The monoisotopic (exact) mass is 422 g/mol. The number of Topliss-reactive ketones (excluding diaryl/α,β-unsaturated/α-hetero) is 1. The first-order valence-electron chi connectivity index (χ1n) is 10.0. The summed E-state index contributed by atoms with van der Waals surface area (Å²) in [5, 5.41) is 0. The molecule has 1 amide bonds.